The van der Waals surface area contributed by atoms with Crippen molar-refractivity contribution in [1.82, 2.24) is 16.0 Å². The van der Waals surface area contributed by atoms with Crippen LogP contribution in [0.3, 0.4) is 0 Å². The normalized spacial score (nSPS) is 12.2. The highest BCUT2D eigenvalue weighted by atomic mass is 16.4. The number of amides is 3. The molecule has 0 aromatic rings. The summed E-state index contributed by atoms with van der Waals surface area (Å²) in [4.78, 5) is 60.6. The van der Waals surface area contributed by atoms with Gasteiger partial charge in [0, 0.05) is 13.0 Å². The van der Waals surface area contributed by atoms with Crippen LogP contribution in [0.25, 0.3) is 0 Å². The zero-order valence-corrected chi connectivity index (χ0v) is 15.7. The van der Waals surface area contributed by atoms with Crippen LogP contribution >= 0.6 is 0 Å². The number of carboxylic acids is 2. The molecule has 0 aliphatic heterocycles. The second-order valence-electron chi connectivity index (χ2n) is 5.94. The van der Waals surface area contributed by atoms with E-state index in [1.165, 1.54) is 0 Å². The first-order valence-electron chi connectivity index (χ1n) is 8.62. The monoisotopic (exact) mass is 417 g/mol. The Morgan fingerprint density at radius 1 is 0.897 bits per heavy atom. The van der Waals surface area contributed by atoms with Gasteiger partial charge < -0.3 is 43.4 Å². The number of hydrogen-bond donors (Lipinski definition) is 8. The van der Waals surface area contributed by atoms with E-state index in [-0.39, 0.29) is 31.8 Å². The van der Waals surface area contributed by atoms with Gasteiger partial charge in [-0.2, -0.15) is 0 Å². The second-order valence-corrected chi connectivity index (χ2v) is 5.94. The molecule has 11 N–H and O–H groups in total. The molecular formula is C15H27N7O7. The van der Waals surface area contributed by atoms with E-state index in [0.717, 1.165) is 0 Å². The highest BCUT2D eigenvalue weighted by Crippen LogP contribution is 2.01. The molecule has 0 aliphatic rings. The molecule has 0 rings (SSSR count). The Balaban J connectivity index is 4.80. The van der Waals surface area contributed by atoms with Gasteiger partial charge in [-0.3, -0.25) is 29.0 Å². The Morgan fingerprint density at radius 2 is 1.55 bits per heavy atom. The fourth-order valence-corrected chi connectivity index (χ4v) is 1.99. The van der Waals surface area contributed by atoms with E-state index in [4.69, 9.17) is 27.4 Å². The molecule has 0 aliphatic carbocycles. The first kappa shape index (κ1) is 25.6. The maximum absolute atomic E-state index is 12.3. The first-order chi connectivity index (χ1) is 13.5. The topological polar surface area (TPSA) is 252 Å². The van der Waals surface area contributed by atoms with E-state index in [1.807, 2.05) is 0 Å². The summed E-state index contributed by atoms with van der Waals surface area (Å²) in [5.74, 6) is -4.68. The van der Waals surface area contributed by atoms with Crippen LogP contribution in [0.2, 0.25) is 0 Å². The van der Waals surface area contributed by atoms with Crippen molar-refractivity contribution in [2.75, 3.05) is 19.6 Å². The largest absolute Gasteiger partial charge is 0.481 e. The standard InChI is InChI=1S/C15H27N7O7/c16-8(3-4-11(24)25)13(28)22-9(2-1-5-19-15(17)18)14(29)21-6-10(23)20-7-12(26)27/h8-9H,1-7,16H2,(H,20,23)(H,21,29)(H,22,28)(H,24,25)(H,26,27)(H4,17,18,19). The quantitative estimate of drug-likeness (QED) is 0.0772. The molecule has 0 radical (unpaired) electrons. The van der Waals surface area contributed by atoms with Gasteiger partial charge in [0.2, 0.25) is 17.7 Å². The van der Waals surface area contributed by atoms with E-state index in [0.29, 0.717) is 6.42 Å². The van der Waals surface area contributed by atoms with E-state index in [1.54, 1.807) is 0 Å². The third kappa shape index (κ3) is 13.4. The molecule has 0 saturated heterocycles. The summed E-state index contributed by atoms with van der Waals surface area (Å²) in [5.41, 5.74) is 16.0. The smallest absolute Gasteiger partial charge is 0.322 e. The molecule has 0 spiro atoms. The highest BCUT2D eigenvalue weighted by molar-refractivity contribution is 5.92. The lowest BCUT2D eigenvalue weighted by Crippen LogP contribution is -2.53. The second kappa shape index (κ2) is 13.7. The van der Waals surface area contributed by atoms with Gasteiger partial charge in [0.25, 0.3) is 0 Å². The lowest BCUT2D eigenvalue weighted by Gasteiger charge is -2.20. The molecule has 14 nitrogen and oxygen atoms in total. The van der Waals surface area contributed by atoms with Crippen LogP contribution in [0.5, 0.6) is 0 Å². The lowest BCUT2D eigenvalue weighted by molar-refractivity contribution is -0.138. The number of carbonyl (C=O) groups excluding carboxylic acids is 3. The van der Waals surface area contributed by atoms with Gasteiger partial charge in [-0.15, -0.1) is 0 Å². The number of guanidine groups is 1. The first-order valence-corrected chi connectivity index (χ1v) is 8.62. The van der Waals surface area contributed by atoms with Crippen molar-refractivity contribution < 1.29 is 34.2 Å². The van der Waals surface area contributed by atoms with Crippen LogP contribution in [0.15, 0.2) is 4.99 Å². The van der Waals surface area contributed by atoms with Crippen molar-refractivity contribution in [1.29, 1.82) is 0 Å². The number of nitrogens with zero attached hydrogens (tertiary/aromatic N) is 1. The zero-order chi connectivity index (χ0) is 22.4. The third-order valence-corrected chi connectivity index (χ3v) is 3.44. The Morgan fingerprint density at radius 3 is 2.10 bits per heavy atom. The molecular weight excluding hydrogens is 390 g/mol. The van der Waals surface area contributed by atoms with Crippen molar-refractivity contribution in [3.63, 3.8) is 0 Å². The fraction of sp³-hybridized carbons (Fsp3) is 0.600. The van der Waals surface area contributed by atoms with Crippen molar-refractivity contribution in [3.8, 4) is 0 Å². The Bertz CT molecular complexity index is 635. The van der Waals surface area contributed by atoms with E-state index in [2.05, 4.69) is 20.9 Å². The number of nitrogens with two attached hydrogens (primary N) is 3. The van der Waals surface area contributed by atoms with Crippen molar-refractivity contribution in [3.05, 3.63) is 0 Å². The molecule has 3 amide bonds. The SMILES string of the molecule is NC(N)=NCCCC(NC(=O)C(N)CCC(=O)O)C(=O)NCC(=O)NCC(=O)O. The number of carbonyl (C=O) groups is 5. The molecule has 2 unspecified atom stereocenters. The number of aliphatic imine (C=N–C) groups is 1. The number of carboxylic acid groups (broad SMARTS) is 2. The molecule has 0 fully saturated rings. The van der Waals surface area contributed by atoms with Crippen LogP contribution in [-0.4, -0.2) is 77.6 Å². The fourth-order valence-electron chi connectivity index (χ4n) is 1.99. The minimum absolute atomic E-state index is 0.108. The number of nitrogens with one attached hydrogen (secondary N) is 3. The van der Waals surface area contributed by atoms with Gasteiger partial charge in [0.05, 0.1) is 12.6 Å². The molecule has 0 aromatic heterocycles. The molecule has 0 aromatic carbocycles. The van der Waals surface area contributed by atoms with E-state index >= 15 is 0 Å². The summed E-state index contributed by atoms with van der Waals surface area (Å²) in [6, 6.07) is -2.22. The number of aliphatic carboxylic acids is 2. The van der Waals surface area contributed by atoms with Gasteiger partial charge in [-0.1, -0.05) is 0 Å². The minimum atomic E-state index is -1.25. The summed E-state index contributed by atoms with van der Waals surface area (Å²) < 4.78 is 0. The van der Waals surface area contributed by atoms with Crippen molar-refractivity contribution in [2.45, 2.75) is 37.8 Å². The van der Waals surface area contributed by atoms with Crippen molar-refractivity contribution >= 4 is 35.6 Å². The zero-order valence-electron chi connectivity index (χ0n) is 15.7. The molecule has 14 heteroatoms. The van der Waals surface area contributed by atoms with Crippen LogP contribution in [-0.2, 0) is 24.0 Å². The van der Waals surface area contributed by atoms with Gasteiger partial charge >= 0.3 is 11.9 Å². The summed E-state index contributed by atoms with van der Waals surface area (Å²) in [6.45, 7) is -0.921. The lowest BCUT2D eigenvalue weighted by atomic mass is 10.1. The summed E-state index contributed by atoms with van der Waals surface area (Å²) in [6.07, 6.45) is -0.0244. The predicted molar refractivity (Wildman–Crippen MR) is 100 cm³/mol. The number of hydrogen-bond acceptors (Lipinski definition) is 7. The van der Waals surface area contributed by atoms with Gasteiger partial charge in [0.15, 0.2) is 5.96 Å². The van der Waals surface area contributed by atoms with Crippen LogP contribution in [0, 0.1) is 0 Å². The summed E-state index contributed by atoms with van der Waals surface area (Å²) in [5, 5.41) is 23.9. The van der Waals surface area contributed by atoms with Gasteiger partial charge in [-0.05, 0) is 19.3 Å². The van der Waals surface area contributed by atoms with Crippen LogP contribution in [0.4, 0.5) is 0 Å². The minimum Gasteiger partial charge on any atom is -0.481 e. The molecule has 0 saturated carbocycles. The molecule has 29 heavy (non-hydrogen) atoms. The average Bonchev–Trinajstić information content (AvgIpc) is 2.64. The summed E-state index contributed by atoms with van der Waals surface area (Å²) >= 11 is 0. The third-order valence-electron chi connectivity index (χ3n) is 3.44. The number of rotatable bonds is 14. The van der Waals surface area contributed by atoms with E-state index in [9.17, 15) is 24.0 Å². The Labute approximate surface area is 166 Å². The predicted octanol–water partition coefficient (Wildman–Crippen LogP) is -3.97. The molecule has 164 valence electrons. The van der Waals surface area contributed by atoms with Crippen LogP contribution in [0.1, 0.15) is 25.7 Å². The average molecular weight is 417 g/mol. The van der Waals surface area contributed by atoms with Gasteiger partial charge in [-0.25, -0.2) is 0 Å². The highest BCUT2D eigenvalue weighted by Gasteiger charge is 2.24. The van der Waals surface area contributed by atoms with Crippen molar-refractivity contribution in [2.24, 2.45) is 22.2 Å². The maximum atomic E-state index is 12.3. The Kier molecular flexibility index (Phi) is 12.1. The van der Waals surface area contributed by atoms with Gasteiger partial charge in [0.1, 0.15) is 12.6 Å². The molecule has 2 atom stereocenters. The Hall–Kier alpha value is -3.42. The van der Waals surface area contributed by atoms with E-state index < -0.39 is 54.8 Å². The van der Waals surface area contributed by atoms with Crippen LogP contribution < -0.4 is 33.2 Å². The maximum Gasteiger partial charge on any atom is 0.322 e. The summed E-state index contributed by atoms with van der Waals surface area (Å²) in [7, 11) is 0. The molecule has 0 bridgehead atoms. The molecule has 0 heterocycles.